The number of hydrogen-bond donors (Lipinski definition) is 1. The monoisotopic (exact) mass is 196 g/mol. The Morgan fingerprint density at radius 1 is 1.36 bits per heavy atom. The molecule has 0 unspecified atom stereocenters. The molecule has 0 saturated heterocycles. The van der Waals surface area contributed by atoms with Gasteiger partial charge in [-0.2, -0.15) is 0 Å². The molecule has 1 N–H and O–H groups in total. The van der Waals surface area contributed by atoms with E-state index in [0.29, 0.717) is 12.4 Å². The Hall–Kier alpha value is -1.22. The highest BCUT2D eigenvalue weighted by molar-refractivity contribution is 5.40. The van der Waals surface area contributed by atoms with Crippen molar-refractivity contribution in [3.8, 4) is 11.5 Å². The third-order valence-electron chi connectivity index (χ3n) is 1.91. The highest BCUT2D eigenvalue weighted by Crippen LogP contribution is 2.24. The first-order valence-corrected chi connectivity index (χ1v) is 4.72. The fraction of sp³-hybridized carbons (Fsp3) is 0.455. The average Bonchev–Trinajstić information content (AvgIpc) is 2.25. The maximum Gasteiger partial charge on any atom is 0.128 e. The van der Waals surface area contributed by atoms with Crippen LogP contribution in [0.4, 0.5) is 0 Å². The van der Waals surface area contributed by atoms with Crippen LogP contribution in [0, 0.1) is 0 Å². The SMILES string of the molecule is CCCOc1cc(OC)ccc1CO. The van der Waals surface area contributed by atoms with Crippen LogP contribution in [0.15, 0.2) is 18.2 Å². The smallest absolute Gasteiger partial charge is 0.128 e. The Morgan fingerprint density at radius 3 is 2.71 bits per heavy atom. The van der Waals surface area contributed by atoms with Crippen molar-refractivity contribution in [1.29, 1.82) is 0 Å². The van der Waals surface area contributed by atoms with Crippen molar-refractivity contribution in [2.45, 2.75) is 20.0 Å². The van der Waals surface area contributed by atoms with Crippen LogP contribution in [0.1, 0.15) is 18.9 Å². The van der Waals surface area contributed by atoms with Gasteiger partial charge in [0.15, 0.2) is 0 Å². The summed E-state index contributed by atoms with van der Waals surface area (Å²) >= 11 is 0. The molecule has 0 radical (unpaired) electrons. The van der Waals surface area contributed by atoms with E-state index in [-0.39, 0.29) is 6.61 Å². The predicted octanol–water partition coefficient (Wildman–Crippen LogP) is 1.98. The highest BCUT2D eigenvalue weighted by Gasteiger charge is 2.04. The molecule has 0 heterocycles. The number of rotatable bonds is 5. The van der Waals surface area contributed by atoms with E-state index in [2.05, 4.69) is 0 Å². The van der Waals surface area contributed by atoms with Crippen molar-refractivity contribution >= 4 is 0 Å². The molecule has 78 valence electrons. The fourth-order valence-electron chi connectivity index (χ4n) is 1.14. The first kappa shape index (κ1) is 10.9. The van der Waals surface area contributed by atoms with Crippen molar-refractivity contribution in [2.24, 2.45) is 0 Å². The van der Waals surface area contributed by atoms with Crippen LogP contribution >= 0.6 is 0 Å². The van der Waals surface area contributed by atoms with E-state index in [1.165, 1.54) is 0 Å². The van der Waals surface area contributed by atoms with Crippen LogP contribution in [0.2, 0.25) is 0 Å². The minimum atomic E-state index is -0.0109. The largest absolute Gasteiger partial charge is 0.497 e. The van der Waals surface area contributed by atoms with Gasteiger partial charge in [0.2, 0.25) is 0 Å². The lowest BCUT2D eigenvalue weighted by atomic mass is 10.2. The summed E-state index contributed by atoms with van der Waals surface area (Å²) in [5.41, 5.74) is 0.791. The summed E-state index contributed by atoms with van der Waals surface area (Å²) in [6.45, 7) is 2.68. The lowest BCUT2D eigenvalue weighted by molar-refractivity contribution is 0.262. The third-order valence-corrected chi connectivity index (χ3v) is 1.91. The zero-order chi connectivity index (χ0) is 10.4. The van der Waals surface area contributed by atoms with E-state index < -0.39 is 0 Å². The van der Waals surface area contributed by atoms with Gasteiger partial charge in [-0.25, -0.2) is 0 Å². The van der Waals surface area contributed by atoms with Crippen LogP contribution in [0.3, 0.4) is 0 Å². The molecule has 0 spiro atoms. The Labute approximate surface area is 84.3 Å². The van der Waals surface area contributed by atoms with Gasteiger partial charge in [-0.1, -0.05) is 6.92 Å². The van der Waals surface area contributed by atoms with Crippen LogP contribution in [0.25, 0.3) is 0 Å². The fourth-order valence-corrected chi connectivity index (χ4v) is 1.14. The van der Waals surface area contributed by atoms with Gasteiger partial charge in [0.1, 0.15) is 11.5 Å². The molecule has 0 saturated carbocycles. The van der Waals surface area contributed by atoms with Crippen LogP contribution in [0.5, 0.6) is 11.5 Å². The normalized spacial score (nSPS) is 9.93. The summed E-state index contributed by atoms with van der Waals surface area (Å²) in [6.07, 6.45) is 0.947. The molecule has 0 aromatic heterocycles. The standard InChI is InChI=1S/C11H16O3/c1-3-6-14-11-7-10(13-2)5-4-9(11)8-12/h4-5,7,12H,3,6,8H2,1-2H3. The second kappa shape index (κ2) is 5.50. The van der Waals surface area contributed by atoms with Crippen molar-refractivity contribution in [3.63, 3.8) is 0 Å². The zero-order valence-electron chi connectivity index (χ0n) is 8.62. The summed E-state index contributed by atoms with van der Waals surface area (Å²) in [7, 11) is 1.61. The van der Waals surface area contributed by atoms with Gasteiger partial charge in [0, 0.05) is 11.6 Å². The number of aliphatic hydroxyl groups excluding tert-OH is 1. The van der Waals surface area contributed by atoms with E-state index in [4.69, 9.17) is 14.6 Å². The van der Waals surface area contributed by atoms with Gasteiger partial charge in [-0.15, -0.1) is 0 Å². The molecular formula is C11H16O3. The molecule has 0 amide bonds. The third kappa shape index (κ3) is 2.64. The molecule has 1 rings (SSSR count). The van der Waals surface area contributed by atoms with Crippen LogP contribution in [-0.2, 0) is 6.61 Å². The number of methoxy groups -OCH3 is 1. The lowest BCUT2D eigenvalue weighted by Crippen LogP contribution is -1.99. The molecule has 14 heavy (non-hydrogen) atoms. The second-order valence-corrected chi connectivity index (χ2v) is 2.98. The molecule has 1 aromatic rings. The molecule has 0 atom stereocenters. The van der Waals surface area contributed by atoms with Crippen molar-refractivity contribution in [1.82, 2.24) is 0 Å². The van der Waals surface area contributed by atoms with Gasteiger partial charge >= 0.3 is 0 Å². The minimum absolute atomic E-state index is 0.0109. The van der Waals surface area contributed by atoms with Crippen LogP contribution < -0.4 is 9.47 Å². The van der Waals surface area contributed by atoms with E-state index in [1.54, 1.807) is 13.2 Å². The number of ether oxygens (including phenoxy) is 2. The maximum atomic E-state index is 9.06. The average molecular weight is 196 g/mol. The number of aliphatic hydroxyl groups is 1. The molecule has 3 heteroatoms. The maximum absolute atomic E-state index is 9.06. The van der Waals surface area contributed by atoms with Gasteiger partial charge < -0.3 is 14.6 Å². The topological polar surface area (TPSA) is 38.7 Å². The van der Waals surface area contributed by atoms with Crippen molar-refractivity contribution in [3.05, 3.63) is 23.8 Å². The summed E-state index contributed by atoms with van der Waals surface area (Å²) in [4.78, 5) is 0. The first-order chi connectivity index (χ1) is 6.81. The Morgan fingerprint density at radius 2 is 2.14 bits per heavy atom. The molecule has 0 aliphatic heterocycles. The van der Waals surface area contributed by atoms with Gasteiger partial charge in [0.05, 0.1) is 20.3 Å². The summed E-state index contributed by atoms with van der Waals surface area (Å²) < 4.78 is 10.6. The molecule has 1 aromatic carbocycles. The van der Waals surface area contributed by atoms with Gasteiger partial charge in [-0.05, 0) is 18.6 Å². The van der Waals surface area contributed by atoms with E-state index in [9.17, 15) is 0 Å². The van der Waals surface area contributed by atoms with Crippen molar-refractivity contribution in [2.75, 3.05) is 13.7 Å². The van der Waals surface area contributed by atoms with Gasteiger partial charge in [0.25, 0.3) is 0 Å². The number of hydrogen-bond acceptors (Lipinski definition) is 3. The molecule has 0 aliphatic carbocycles. The summed E-state index contributed by atoms with van der Waals surface area (Å²) in [5, 5.41) is 9.06. The first-order valence-electron chi connectivity index (χ1n) is 4.72. The van der Waals surface area contributed by atoms with Crippen LogP contribution in [-0.4, -0.2) is 18.8 Å². The Kier molecular flexibility index (Phi) is 4.26. The zero-order valence-corrected chi connectivity index (χ0v) is 8.62. The second-order valence-electron chi connectivity index (χ2n) is 2.98. The number of benzene rings is 1. The Balaban J connectivity index is 2.84. The summed E-state index contributed by atoms with van der Waals surface area (Å²) in [6, 6.07) is 5.41. The Bertz CT molecular complexity index is 284. The molecule has 0 aliphatic rings. The van der Waals surface area contributed by atoms with Gasteiger partial charge in [-0.3, -0.25) is 0 Å². The molecule has 0 fully saturated rings. The molecule has 3 nitrogen and oxygen atoms in total. The highest BCUT2D eigenvalue weighted by atomic mass is 16.5. The quantitative estimate of drug-likeness (QED) is 0.782. The van der Waals surface area contributed by atoms with E-state index in [0.717, 1.165) is 17.7 Å². The van der Waals surface area contributed by atoms with Crippen molar-refractivity contribution < 1.29 is 14.6 Å². The van der Waals surface area contributed by atoms with E-state index >= 15 is 0 Å². The van der Waals surface area contributed by atoms with E-state index in [1.807, 2.05) is 19.1 Å². The molecule has 0 bridgehead atoms. The predicted molar refractivity (Wildman–Crippen MR) is 54.7 cm³/mol. The minimum Gasteiger partial charge on any atom is -0.497 e. The molecular weight excluding hydrogens is 180 g/mol. The summed E-state index contributed by atoms with van der Waals surface area (Å²) in [5.74, 6) is 1.45. The lowest BCUT2D eigenvalue weighted by Gasteiger charge is -2.10.